The summed E-state index contributed by atoms with van der Waals surface area (Å²) in [6.45, 7) is 4.24. The lowest BCUT2D eigenvalue weighted by Gasteiger charge is -2.22. The highest BCUT2D eigenvalue weighted by atomic mass is 16.4. The van der Waals surface area contributed by atoms with Crippen molar-refractivity contribution in [1.29, 1.82) is 0 Å². The van der Waals surface area contributed by atoms with Crippen LogP contribution in [0.25, 0.3) is 0 Å². The van der Waals surface area contributed by atoms with Crippen molar-refractivity contribution in [3.05, 3.63) is 24.2 Å². The summed E-state index contributed by atoms with van der Waals surface area (Å²) in [5.41, 5.74) is 0. The van der Waals surface area contributed by atoms with Crippen molar-refractivity contribution in [2.75, 3.05) is 13.1 Å². The lowest BCUT2D eigenvalue weighted by Crippen LogP contribution is -2.37. The van der Waals surface area contributed by atoms with E-state index in [4.69, 9.17) is 9.52 Å². The minimum absolute atomic E-state index is 0.197. The van der Waals surface area contributed by atoms with Crippen LogP contribution in [0.5, 0.6) is 0 Å². The number of carboxylic acids is 1. The largest absolute Gasteiger partial charge is 0.481 e. The van der Waals surface area contributed by atoms with Gasteiger partial charge in [-0.1, -0.05) is 13.8 Å². The second kappa shape index (κ2) is 6.08. The van der Waals surface area contributed by atoms with Crippen LogP contribution in [0.2, 0.25) is 0 Å². The van der Waals surface area contributed by atoms with Crippen LogP contribution in [-0.4, -0.2) is 35.0 Å². The van der Waals surface area contributed by atoms with Gasteiger partial charge >= 0.3 is 5.97 Å². The lowest BCUT2D eigenvalue weighted by atomic mass is 10.1. The van der Waals surface area contributed by atoms with E-state index in [0.29, 0.717) is 6.54 Å². The van der Waals surface area contributed by atoms with Gasteiger partial charge in [-0.3, -0.25) is 9.59 Å². The summed E-state index contributed by atoms with van der Waals surface area (Å²) >= 11 is 0. The monoisotopic (exact) mass is 239 g/mol. The molecule has 1 rings (SSSR count). The van der Waals surface area contributed by atoms with E-state index in [2.05, 4.69) is 0 Å². The van der Waals surface area contributed by atoms with E-state index in [9.17, 15) is 9.59 Å². The summed E-state index contributed by atoms with van der Waals surface area (Å²) in [5.74, 6) is -1.50. The number of hydrogen-bond donors (Lipinski definition) is 1. The maximum absolute atomic E-state index is 12.0. The van der Waals surface area contributed by atoms with Crippen molar-refractivity contribution in [2.24, 2.45) is 5.92 Å². The molecule has 0 aliphatic heterocycles. The van der Waals surface area contributed by atoms with E-state index in [0.717, 1.165) is 6.42 Å². The lowest BCUT2D eigenvalue weighted by molar-refractivity contribution is -0.141. The van der Waals surface area contributed by atoms with Crippen molar-refractivity contribution in [3.8, 4) is 0 Å². The van der Waals surface area contributed by atoms with E-state index < -0.39 is 11.9 Å². The summed E-state index contributed by atoms with van der Waals surface area (Å²) < 4.78 is 5.03. The highest BCUT2D eigenvalue weighted by molar-refractivity contribution is 5.91. The third-order valence-electron chi connectivity index (χ3n) is 2.43. The Balaban J connectivity index is 2.72. The summed E-state index contributed by atoms with van der Waals surface area (Å²) in [5, 5.41) is 8.85. The van der Waals surface area contributed by atoms with Gasteiger partial charge in [-0.05, 0) is 18.6 Å². The fourth-order valence-electron chi connectivity index (χ4n) is 1.51. The molecule has 5 nitrogen and oxygen atoms in total. The number of carboxylic acid groups (broad SMARTS) is 1. The fraction of sp³-hybridized carbons (Fsp3) is 0.500. The van der Waals surface area contributed by atoms with Gasteiger partial charge in [0, 0.05) is 13.1 Å². The number of hydrogen-bond acceptors (Lipinski definition) is 3. The van der Waals surface area contributed by atoms with Crippen LogP contribution in [0.1, 0.15) is 30.8 Å². The zero-order chi connectivity index (χ0) is 12.8. The van der Waals surface area contributed by atoms with Crippen LogP contribution in [0.4, 0.5) is 0 Å². The van der Waals surface area contributed by atoms with Gasteiger partial charge in [0.1, 0.15) is 0 Å². The number of carbonyl (C=O) groups is 2. The smallest absolute Gasteiger partial charge is 0.308 e. The zero-order valence-corrected chi connectivity index (χ0v) is 10.0. The Morgan fingerprint density at radius 1 is 1.53 bits per heavy atom. The molecular weight excluding hydrogens is 222 g/mol. The first-order chi connectivity index (χ1) is 8.06. The van der Waals surface area contributed by atoms with Crippen molar-refractivity contribution in [2.45, 2.75) is 20.3 Å². The molecule has 1 amide bonds. The molecule has 0 saturated heterocycles. The molecule has 0 spiro atoms. The Kier molecular flexibility index (Phi) is 4.75. The molecule has 0 aliphatic rings. The first-order valence-corrected chi connectivity index (χ1v) is 5.61. The van der Waals surface area contributed by atoms with Gasteiger partial charge in [0.2, 0.25) is 0 Å². The van der Waals surface area contributed by atoms with E-state index >= 15 is 0 Å². The molecule has 0 aliphatic carbocycles. The predicted molar refractivity (Wildman–Crippen MR) is 61.7 cm³/mol. The average Bonchev–Trinajstić information content (AvgIpc) is 2.80. The van der Waals surface area contributed by atoms with E-state index in [1.165, 1.54) is 11.2 Å². The molecule has 0 bridgehead atoms. The molecule has 0 saturated carbocycles. The van der Waals surface area contributed by atoms with Gasteiger partial charge in [0.15, 0.2) is 5.76 Å². The quantitative estimate of drug-likeness (QED) is 0.822. The third-order valence-corrected chi connectivity index (χ3v) is 2.43. The van der Waals surface area contributed by atoms with E-state index in [1.54, 1.807) is 19.1 Å². The molecule has 1 aromatic rings. The van der Waals surface area contributed by atoms with Crippen molar-refractivity contribution in [1.82, 2.24) is 4.90 Å². The average molecular weight is 239 g/mol. The van der Waals surface area contributed by atoms with Crippen molar-refractivity contribution < 1.29 is 19.1 Å². The van der Waals surface area contributed by atoms with E-state index in [1.807, 2.05) is 6.92 Å². The van der Waals surface area contributed by atoms with Crippen molar-refractivity contribution in [3.63, 3.8) is 0 Å². The molecule has 0 aromatic carbocycles. The number of rotatable bonds is 6. The summed E-state index contributed by atoms with van der Waals surface area (Å²) in [6, 6.07) is 3.22. The zero-order valence-electron chi connectivity index (χ0n) is 10.0. The maximum atomic E-state index is 12.0. The molecule has 0 radical (unpaired) electrons. The Morgan fingerprint density at radius 2 is 2.24 bits per heavy atom. The first kappa shape index (κ1) is 13.3. The topological polar surface area (TPSA) is 70.8 Å². The molecule has 1 aromatic heterocycles. The van der Waals surface area contributed by atoms with Gasteiger partial charge in [0.05, 0.1) is 12.2 Å². The van der Waals surface area contributed by atoms with E-state index in [-0.39, 0.29) is 18.2 Å². The molecular formula is C12H17NO4. The molecule has 1 N–H and O–H groups in total. The Morgan fingerprint density at radius 3 is 2.71 bits per heavy atom. The number of amides is 1. The number of aliphatic carboxylic acids is 1. The minimum atomic E-state index is -0.904. The number of carbonyl (C=O) groups excluding carboxylic acids is 1. The SMILES string of the molecule is CCCN(CC(C)C(=O)O)C(=O)c1ccco1. The van der Waals surface area contributed by atoms with Gasteiger partial charge in [-0.2, -0.15) is 0 Å². The first-order valence-electron chi connectivity index (χ1n) is 5.61. The van der Waals surface area contributed by atoms with Crippen LogP contribution in [-0.2, 0) is 4.79 Å². The standard InChI is InChI=1S/C12H17NO4/c1-3-6-13(8-9(2)12(15)16)11(14)10-5-4-7-17-10/h4-5,7,9H,3,6,8H2,1-2H3,(H,15,16). The van der Waals surface area contributed by atoms with Gasteiger partial charge in [-0.15, -0.1) is 0 Å². The van der Waals surface area contributed by atoms with Crippen LogP contribution >= 0.6 is 0 Å². The van der Waals surface area contributed by atoms with Crippen molar-refractivity contribution >= 4 is 11.9 Å². The molecule has 94 valence electrons. The van der Waals surface area contributed by atoms with Crippen LogP contribution in [0, 0.1) is 5.92 Å². The molecule has 1 heterocycles. The second-order valence-electron chi connectivity index (χ2n) is 3.97. The van der Waals surface area contributed by atoms with Crippen LogP contribution in [0.15, 0.2) is 22.8 Å². The molecule has 17 heavy (non-hydrogen) atoms. The molecule has 5 heteroatoms. The molecule has 1 atom stereocenters. The highest BCUT2D eigenvalue weighted by Crippen LogP contribution is 2.09. The Bertz CT molecular complexity index is 372. The molecule has 0 fully saturated rings. The highest BCUT2D eigenvalue weighted by Gasteiger charge is 2.22. The van der Waals surface area contributed by atoms with Gasteiger partial charge in [-0.25, -0.2) is 0 Å². The number of nitrogens with zero attached hydrogens (tertiary/aromatic N) is 1. The Hall–Kier alpha value is -1.78. The minimum Gasteiger partial charge on any atom is -0.481 e. The van der Waals surface area contributed by atoms with Gasteiger partial charge in [0.25, 0.3) is 5.91 Å². The summed E-state index contributed by atoms with van der Waals surface area (Å²) in [6.07, 6.45) is 2.21. The number of furan rings is 1. The third kappa shape index (κ3) is 3.62. The predicted octanol–water partition coefficient (Wildman–Crippen LogP) is 1.85. The summed E-state index contributed by atoms with van der Waals surface area (Å²) in [7, 11) is 0. The normalized spacial score (nSPS) is 12.1. The maximum Gasteiger partial charge on any atom is 0.308 e. The second-order valence-corrected chi connectivity index (χ2v) is 3.97. The Labute approximate surface area is 100 Å². The van der Waals surface area contributed by atoms with Gasteiger partial charge < -0.3 is 14.4 Å². The van der Waals surface area contributed by atoms with Crippen LogP contribution < -0.4 is 0 Å². The molecule has 1 unspecified atom stereocenters. The summed E-state index contributed by atoms with van der Waals surface area (Å²) in [4.78, 5) is 24.3. The fourth-order valence-corrected chi connectivity index (χ4v) is 1.51. The van der Waals surface area contributed by atoms with Crippen LogP contribution in [0.3, 0.4) is 0 Å².